The molecule has 1 N–H and O–H groups in total. The Morgan fingerprint density at radius 2 is 2.21 bits per heavy atom. The lowest BCUT2D eigenvalue weighted by molar-refractivity contribution is 0.180. The van der Waals surface area contributed by atoms with Gasteiger partial charge in [0.1, 0.15) is 0 Å². The van der Waals surface area contributed by atoms with Gasteiger partial charge in [-0.1, -0.05) is 13.8 Å². The molecule has 4 nitrogen and oxygen atoms in total. The summed E-state index contributed by atoms with van der Waals surface area (Å²) in [7, 11) is 0. The summed E-state index contributed by atoms with van der Waals surface area (Å²) < 4.78 is 2.16. The summed E-state index contributed by atoms with van der Waals surface area (Å²) in [4.78, 5) is 2.57. The van der Waals surface area contributed by atoms with Crippen LogP contribution in [0, 0.1) is 0 Å². The monoisotopic (exact) mass is 264 g/mol. The second-order valence-electron chi connectivity index (χ2n) is 5.43. The summed E-state index contributed by atoms with van der Waals surface area (Å²) in [5.74, 6) is 0. The van der Waals surface area contributed by atoms with Crippen LogP contribution in [0.4, 0.5) is 0 Å². The fourth-order valence-electron chi connectivity index (χ4n) is 2.97. The van der Waals surface area contributed by atoms with Crippen LogP contribution < -0.4 is 5.32 Å². The van der Waals surface area contributed by atoms with Crippen molar-refractivity contribution in [2.24, 2.45) is 0 Å². The third kappa shape index (κ3) is 3.80. The SMILES string of the molecule is CCNC1CCCN(Cc2cc(CC)nn2CC)C1. The molecule has 0 radical (unpaired) electrons. The van der Waals surface area contributed by atoms with Crippen LogP contribution in [0.3, 0.4) is 0 Å². The Kier molecular flexibility index (Phi) is 5.40. The van der Waals surface area contributed by atoms with E-state index >= 15 is 0 Å². The first-order valence-corrected chi connectivity index (χ1v) is 7.78. The molecule has 19 heavy (non-hydrogen) atoms. The Bertz CT molecular complexity index is 383. The maximum atomic E-state index is 4.64. The molecule has 2 rings (SSSR count). The molecule has 2 heterocycles. The van der Waals surface area contributed by atoms with Crippen LogP contribution in [0.15, 0.2) is 6.07 Å². The van der Waals surface area contributed by atoms with Gasteiger partial charge >= 0.3 is 0 Å². The second-order valence-corrected chi connectivity index (χ2v) is 5.43. The van der Waals surface area contributed by atoms with Gasteiger partial charge in [-0.15, -0.1) is 0 Å². The lowest BCUT2D eigenvalue weighted by Gasteiger charge is -2.33. The quantitative estimate of drug-likeness (QED) is 0.853. The standard InChI is InChI=1S/C15H28N4/c1-4-13-10-15(19(6-3)17-13)12-18-9-7-8-14(11-18)16-5-2/h10,14,16H,4-9,11-12H2,1-3H3. The van der Waals surface area contributed by atoms with Crippen molar-refractivity contribution in [2.45, 2.75) is 59.2 Å². The van der Waals surface area contributed by atoms with Gasteiger partial charge in [0.25, 0.3) is 0 Å². The molecule has 0 amide bonds. The zero-order valence-corrected chi connectivity index (χ0v) is 12.7. The fraction of sp³-hybridized carbons (Fsp3) is 0.800. The maximum absolute atomic E-state index is 4.64. The van der Waals surface area contributed by atoms with E-state index in [1.54, 1.807) is 0 Å². The molecule has 0 bridgehead atoms. The van der Waals surface area contributed by atoms with E-state index in [2.05, 4.69) is 46.8 Å². The minimum atomic E-state index is 0.669. The van der Waals surface area contributed by atoms with Crippen LogP contribution in [0.1, 0.15) is 45.0 Å². The van der Waals surface area contributed by atoms with E-state index in [-0.39, 0.29) is 0 Å². The highest BCUT2D eigenvalue weighted by Crippen LogP contribution is 2.15. The first-order valence-electron chi connectivity index (χ1n) is 7.78. The summed E-state index contributed by atoms with van der Waals surface area (Å²) in [6, 6.07) is 2.95. The zero-order valence-electron chi connectivity index (χ0n) is 12.7. The first kappa shape index (κ1) is 14.5. The van der Waals surface area contributed by atoms with E-state index in [4.69, 9.17) is 0 Å². The van der Waals surface area contributed by atoms with Crippen molar-refractivity contribution in [1.29, 1.82) is 0 Å². The smallest absolute Gasteiger partial charge is 0.0625 e. The highest BCUT2D eigenvalue weighted by atomic mass is 15.3. The molecule has 1 aliphatic rings. The first-order chi connectivity index (χ1) is 9.26. The van der Waals surface area contributed by atoms with Crippen molar-refractivity contribution in [1.82, 2.24) is 20.0 Å². The molecule has 0 aromatic carbocycles. The minimum Gasteiger partial charge on any atom is -0.313 e. The van der Waals surface area contributed by atoms with Gasteiger partial charge in [0.05, 0.1) is 11.4 Å². The van der Waals surface area contributed by atoms with E-state index in [1.807, 2.05) is 0 Å². The lowest BCUT2D eigenvalue weighted by Crippen LogP contribution is -2.45. The van der Waals surface area contributed by atoms with Crippen LogP contribution in [0.25, 0.3) is 0 Å². The molecule has 0 aliphatic carbocycles. The predicted molar refractivity (Wildman–Crippen MR) is 79.3 cm³/mol. The highest BCUT2D eigenvalue weighted by Gasteiger charge is 2.20. The molecule has 4 heteroatoms. The number of aryl methyl sites for hydroxylation is 2. The second kappa shape index (κ2) is 7.06. The number of likely N-dealkylation sites (tertiary alicyclic amines) is 1. The molecule has 1 aromatic rings. The predicted octanol–water partition coefficient (Wildman–Crippen LogP) is 2.04. The van der Waals surface area contributed by atoms with Crippen LogP contribution in [0.5, 0.6) is 0 Å². The van der Waals surface area contributed by atoms with E-state index in [1.165, 1.54) is 37.3 Å². The lowest BCUT2D eigenvalue weighted by atomic mass is 10.1. The molecule has 1 aliphatic heterocycles. The average Bonchev–Trinajstić information content (AvgIpc) is 2.82. The van der Waals surface area contributed by atoms with Gasteiger partial charge in [0.2, 0.25) is 0 Å². The molecule has 0 saturated carbocycles. The topological polar surface area (TPSA) is 33.1 Å². The molecule has 1 atom stereocenters. The Morgan fingerprint density at radius 3 is 2.89 bits per heavy atom. The number of hydrogen-bond acceptors (Lipinski definition) is 3. The molecule has 1 saturated heterocycles. The van der Waals surface area contributed by atoms with Gasteiger partial charge in [0.15, 0.2) is 0 Å². The summed E-state index contributed by atoms with van der Waals surface area (Å²) in [6.07, 6.45) is 3.65. The largest absolute Gasteiger partial charge is 0.313 e. The van der Waals surface area contributed by atoms with E-state index in [9.17, 15) is 0 Å². The number of rotatable bonds is 6. The van der Waals surface area contributed by atoms with Crippen molar-refractivity contribution < 1.29 is 0 Å². The molecule has 108 valence electrons. The normalized spacial score (nSPS) is 20.9. The van der Waals surface area contributed by atoms with Gasteiger partial charge in [-0.05, 0) is 45.3 Å². The Balaban J connectivity index is 1.97. The molecule has 1 aromatic heterocycles. The zero-order chi connectivity index (χ0) is 13.7. The third-order valence-corrected chi connectivity index (χ3v) is 3.96. The Labute approximate surface area is 117 Å². The van der Waals surface area contributed by atoms with Crippen molar-refractivity contribution in [3.63, 3.8) is 0 Å². The number of nitrogens with one attached hydrogen (secondary N) is 1. The highest BCUT2D eigenvalue weighted by molar-refractivity contribution is 5.10. The third-order valence-electron chi connectivity index (χ3n) is 3.96. The van der Waals surface area contributed by atoms with Crippen molar-refractivity contribution in [3.8, 4) is 0 Å². The van der Waals surface area contributed by atoms with Gasteiger partial charge < -0.3 is 5.32 Å². The number of likely N-dealkylation sites (N-methyl/N-ethyl adjacent to an activating group) is 1. The molecule has 1 fully saturated rings. The Hall–Kier alpha value is -0.870. The van der Waals surface area contributed by atoms with Crippen molar-refractivity contribution in [2.75, 3.05) is 19.6 Å². The van der Waals surface area contributed by atoms with Gasteiger partial charge in [0, 0.05) is 25.7 Å². The number of hydrogen-bond donors (Lipinski definition) is 1. The average molecular weight is 264 g/mol. The number of nitrogens with zero attached hydrogens (tertiary/aromatic N) is 3. The number of aromatic nitrogens is 2. The van der Waals surface area contributed by atoms with E-state index in [0.29, 0.717) is 6.04 Å². The van der Waals surface area contributed by atoms with Crippen molar-refractivity contribution in [3.05, 3.63) is 17.5 Å². The van der Waals surface area contributed by atoms with Crippen LogP contribution in [0.2, 0.25) is 0 Å². The van der Waals surface area contributed by atoms with E-state index in [0.717, 1.165) is 26.1 Å². The Morgan fingerprint density at radius 1 is 1.37 bits per heavy atom. The van der Waals surface area contributed by atoms with Crippen molar-refractivity contribution >= 4 is 0 Å². The van der Waals surface area contributed by atoms with E-state index < -0.39 is 0 Å². The summed E-state index contributed by atoms with van der Waals surface area (Å²) >= 11 is 0. The fourth-order valence-corrected chi connectivity index (χ4v) is 2.97. The van der Waals surface area contributed by atoms with Gasteiger partial charge in [-0.2, -0.15) is 5.10 Å². The summed E-state index contributed by atoms with van der Waals surface area (Å²) in [5.41, 5.74) is 2.59. The number of piperidine rings is 1. The molecular weight excluding hydrogens is 236 g/mol. The minimum absolute atomic E-state index is 0.669. The molecule has 0 spiro atoms. The molecular formula is C15H28N4. The van der Waals surface area contributed by atoms with Crippen LogP contribution in [-0.4, -0.2) is 40.4 Å². The van der Waals surface area contributed by atoms with Gasteiger partial charge in [-0.3, -0.25) is 9.58 Å². The van der Waals surface area contributed by atoms with Gasteiger partial charge in [-0.25, -0.2) is 0 Å². The summed E-state index contributed by atoms with van der Waals surface area (Å²) in [5, 5.41) is 8.22. The molecule has 1 unspecified atom stereocenters. The maximum Gasteiger partial charge on any atom is 0.0625 e. The van der Waals surface area contributed by atoms with Crippen LogP contribution >= 0.6 is 0 Å². The summed E-state index contributed by atoms with van der Waals surface area (Å²) in [6.45, 7) is 12.0. The van der Waals surface area contributed by atoms with Crippen LogP contribution in [-0.2, 0) is 19.5 Å².